The molecule has 0 unspecified atom stereocenters. The van der Waals surface area contributed by atoms with Crippen LogP contribution in [0.3, 0.4) is 0 Å². The van der Waals surface area contributed by atoms with Gasteiger partial charge in [-0.15, -0.1) is 0 Å². The number of nitrogens with one attached hydrogen (secondary N) is 1. The first kappa shape index (κ1) is 10.3. The normalized spacial score (nSPS) is 10.8. The molecule has 1 aromatic rings. The SMILES string of the molecule is COC(=O)c1c(C)[nH]c(C)c1C=NO. The average Bonchev–Trinajstić information content (AvgIpc) is 2.42. The van der Waals surface area contributed by atoms with Gasteiger partial charge in [0.05, 0.1) is 18.9 Å². The van der Waals surface area contributed by atoms with E-state index in [4.69, 9.17) is 5.21 Å². The zero-order valence-electron chi connectivity index (χ0n) is 8.29. The number of hydrogen-bond donors (Lipinski definition) is 2. The Balaban J connectivity index is 3.31. The molecule has 76 valence electrons. The molecule has 1 aromatic heterocycles. The molecule has 0 aromatic carbocycles. The highest BCUT2D eigenvalue weighted by molar-refractivity contribution is 6.01. The first-order valence-corrected chi connectivity index (χ1v) is 4.06. The van der Waals surface area contributed by atoms with Crippen LogP contribution in [0, 0.1) is 13.8 Å². The standard InChI is InChI=1S/C9H12N2O3/c1-5-7(4-10-13)8(6(2)11-5)9(12)14-3/h4,11,13H,1-3H3. The number of rotatable bonds is 2. The number of oxime groups is 1. The van der Waals surface area contributed by atoms with Crippen LogP contribution >= 0.6 is 0 Å². The van der Waals surface area contributed by atoms with Crippen molar-refractivity contribution in [2.24, 2.45) is 5.16 Å². The summed E-state index contributed by atoms with van der Waals surface area (Å²) >= 11 is 0. The van der Waals surface area contributed by atoms with E-state index in [1.54, 1.807) is 13.8 Å². The third-order valence-corrected chi connectivity index (χ3v) is 2.00. The largest absolute Gasteiger partial charge is 0.465 e. The van der Waals surface area contributed by atoms with Crippen molar-refractivity contribution in [2.45, 2.75) is 13.8 Å². The van der Waals surface area contributed by atoms with Crippen LogP contribution in [-0.2, 0) is 4.74 Å². The fourth-order valence-corrected chi connectivity index (χ4v) is 1.38. The summed E-state index contributed by atoms with van der Waals surface area (Å²) in [5.74, 6) is -0.443. The van der Waals surface area contributed by atoms with Gasteiger partial charge in [-0.2, -0.15) is 0 Å². The van der Waals surface area contributed by atoms with E-state index in [0.717, 1.165) is 5.69 Å². The van der Waals surface area contributed by atoms with Crippen LogP contribution in [0.4, 0.5) is 0 Å². The summed E-state index contributed by atoms with van der Waals surface area (Å²) in [6.07, 6.45) is 1.21. The van der Waals surface area contributed by atoms with Gasteiger partial charge >= 0.3 is 5.97 Å². The van der Waals surface area contributed by atoms with Crippen molar-refractivity contribution in [1.29, 1.82) is 0 Å². The van der Waals surface area contributed by atoms with Gasteiger partial charge < -0.3 is 14.9 Å². The monoisotopic (exact) mass is 196 g/mol. The van der Waals surface area contributed by atoms with Crippen LogP contribution in [0.2, 0.25) is 0 Å². The predicted octanol–water partition coefficient (Wildman–Crippen LogP) is 1.23. The van der Waals surface area contributed by atoms with Crippen LogP contribution < -0.4 is 0 Å². The Morgan fingerprint density at radius 1 is 1.50 bits per heavy atom. The zero-order chi connectivity index (χ0) is 10.7. The van der Waals surface area contributed by atoms with E-state index in [-0.39, 0.29) is 0 Å². The van der Waals surface area contributed by atoms with Crippen LogP contribution in [-0.4, -0.2) is 29.5 Å². The number of carbonyl (C=O) groups is 1. The van der Waals surface area contributed by atoms with E-state index in [1.807, 2.05) is 0 Å². The topological polar surface area (TPSA) is 74.7 Å². The number of aromatic amines is 1. The minimum absolute atomic E-state index is 0.405. The molecule has 0 saturated carbocycles. The molecule has 0 atom stereocenters. The number of methoxy groups -OCH3 is 1. The van der Waals surface area contributed by atoms with Gasteiger partial charge in [-0.3, -0.25) is 0 Å². The molecule has 0 amide bonds. The number of H-pyrrole nitrogens is 1. The number of ether oxygens (including phenoxy) is 1. The lowest BCUT2D eigenvalue weighted by atomic mass is 10.1. The molecular formula is C9H12N2O3. The minimum atomic E-state index is -0.443. The van der Waals surface area contributed by atoms with Crippen molar-refractivity contribution in [1.82, 2.24) is 4.98 Å². The van der Waals surface area contributed by atoms with Gasteiger partial charge in [0.1, 0.15) is 0 Å². The van der Waals surface area contributed by atoms with Crippen LogP contribution in [0.25, 0.3) is 0 Å². The molecule has 14 heavy (non-hydrogen) atoms. The lowest BCUT2D eigenvalue weighted by Gasteiger charge is -1.98. The summed E-state index contributed by atoms with van der Waals surface area (Å²) < 4.78 is 4.62. The molecular weight excluding hydrogens is 184 g/mol. The van der Waals surface area contributed by atoms with Crippen molar-refractivity contribution in [3.8, 4) is 0 Å². The van der Waals surface area contributed by atoms with Crippen molar-refractivity contribution < 1.29 is 14.7 Å². The molecule has 1 heterocycles. The first-order chi connectivity index (χ1) is 6.61. The predicted molar refractivity (Wildman–Crippen MR) is 51.0 cm³/mol. The van der Waals surface area contributed by atoms with E-state index in [9.17, 15) is 4.79 Å². The van der Waals surface area contributed by atoms with Crippen molar-refractivity contribution in [2.75, 3.05) is 7.11 Å². The maximum atomic E-state index is 11.4. The van der Waals surface area contributed by atoms with E-state index in [1.165, 1.54) is 13.3 Å². The first-order valence-electron chi connectivity index (χ1n) is 4.06. The number of carbonyl (C=O) groups excluding carboxylic acids is 1. The maximum Gasteiger partial charge on any atom is 0.340 e. The summed E-state index contributed by atoms with van der Waals surface area (Å²) in [7, 11) is 1.31. The van der Waals surface area contributed by atoms with Crippen molar-refractivity contribution in [3.63, 3.8) is 0 Å². The Labute approximate surface area is 81.4 Å². The molecule has 0 fully saturated rings. The van der Waals surface area contributed by atoms with E-state index < -0.39 is 5.97 Å². The smallest absolute Gasteiger partial charge is 0.340 e. The van der Waals surface area contributed by atoms with E-state index in [0.29, 0.717) is 16.8 Å². The molecule has 5 nitrogen and oxygen atoms in total. The number of nitrogens with zero attached hydrogens (tertiary/aromatic N) is 1. The van der Waals surface area contributed by atoms with Crippen LogP contribution in [0.15, 0.2) is 5.16 Å². The second-order valence-electron chi connectivity index (χ2n) is 2.90. The lowest BCUT2D eigenvalue weighted by Crippen LogP contribution is -2.05. The molecule has 0 spiro atoms. The molecule has 0 aliphatic heterocycles. The number of hydrogen-bond acceptors (Lipinski definition) is 4. The van der Waals surface area contributed by atoms with Gasteiger partial charge in [0.25, 0.3) is 0 Å². The Morgan fingerprint density at radius 2 is 2.14 bits per heavy atom. The highest BCUT2D eigenvalue weighted by Gasteiger charge is 2.18. The Bertz CT molecular complexity index is 380. The lowest BCUT2D eigenvalue weighted by molar-refractivity contribution is 0.0600. The third kappa shape index (κ3) is 1.61. The van der Waals surface area contributed by atoms with Gasteiger partial charge in [0, 0.05) is 17.0 Å². The molecule has 0 aliphatic carbocycles. The Hall–Kier alpha value is -1.78. The maximum absolute atomic E-state index is 11.4. The van der Waals surface area contributed by atoms with Gasteiger partial charge in [-0.05, 0) is 13.8 Å². The van der Waals surface area contributed by atoms with Gasteiger partial charge in [0.2, 0.25) is 0 Å². The third-order valence-electron chi connectivity index (χ3n) is 2.00. The summed E-state index contributed by atoms with van der Waals surface area (Å²) in [4.78, 5) is 14.3. The summed E-state index contributed by atoms with van der Waals surface area (Å²) in [6, 6.07) is 0. The zero-order valence-corrected chi connectivity index (χ0v) is 8.29. The molecule has 0 saturated heterocycles. The van der Waals surface area contributed by atoms with Gasteiger partial charge in [0.15, 0.2) is 0 Å². The van der Waals surface area contributed by atoms with Crippen LogP contribution in [0.1, 0.15) is 27.3 Å². The second-order valence-corrected chi connectivity index (χ2v) is 2.90. The Morgan fingerprint density at radius 3 is 2.64 bits per heavy atom. The van der Waals surface area contributed by atoms with Gasteiger partial charge in [-0.1, -0.05) is 5.16 Å². The highest BCUT2D eigenvalue weighted by Crippen LogP contribution is 2.17. The minimum Gasteiger partial charge on any atom is -0.465 e. The molecule has 0 bridgehead atoms. The van der Waals surface area contributed by atoms with E-state index in [2.05, 4.69) is 14.9 Å². The summed E-state index contributed by atoms with van der Waals surface area (Å²) in [6.45, 7) is 3.55. The number of esters is 1. The van der Waals surface area contributed by atoms with E-state index >= 15 is 0 Å². The Kier molecular flexibility index (Phi) is 2.91. The fraction of sp³-hybridized carbons (Fsp3) is 0.333. The molecule has 1 rings (SSSR count). The molecule has 5 heteroatoms. The summed E-state index contributed by atoms with van der Waals surface area (Å²) in [5.41, 5.74) is 2.42. The quantitative estimate of drug-likeness (QED) is 0.323. The number of aromatic nitrogens is 1. The van der Waals surface area contributed by atoms with Crippen molar-refractivity contribution >= 4 is 12.2 Å². The molecule has 0 radical (unpaired) electrons. The fourth-order valence-electron chi connectivity index (χ4n) is 1.38. The number of aryl methyl sites for hydroxylation is 2. The van der Waals surface area contributed by atoms with Crippen LogP contribution in [0.5, 0.6) is 0 Å². The average molecular weight is 196 g/mol. The van der Waals surface area contributed by atoms with Crippen molar-refractivity contribution in [3.05, 3.63) is 22.5 Å². The summed E-state index contributed by atoms with van der Waals surface area (Å²) in [5, 5.41) is 11.3. The second kappa shape index (κ2) is 3.95. The molecule has 0 aliphatic rings. The molecule has 2 N–H and O–H groups in total. The van der Waals surface area contributed by atoms with Gasteiger partial charge in [-0.25, -0.2) is 4.79 Å². The highest BCUT2D eigenvalue weighted by atomic mass is 16.5.